The topological polar surface area (TPSA) is 88.3 Å². The molecule has 1 amide bonds. The number of hydrogen-bond acceptors (Lipinski definition) is 4. The van der Waals surface area contributed by atoms with Crippen LogP contribution in [0.2, 0.25) is 0 Å². The Bertz CT molecular complexity index is 1020. The highest BCUT2D eigenvalue weighted by atomic mass is 16.2. The van der Waals surface area contributed by atoms with Crippen LogP contribution < -0.4 is 5.56 Å². The fraction of sp³-hybridized carbons (Fsp3) is 0.444. The molecular weight excluding hydrogens is 332 g/mol. The van der Waals surface area contributed by atoms with E-state index in [1.54, 1.807) is 25.6 Å². The average Bonchev–Trinajstić information content (AvgIpc) is 3.37. The monoisotopic (exact) mass is 354 g/mol. The van der Waals surface area contributed by atoms with Crippen molar-refractivity contribution < 1.29 is 4.79 Å². The number of aryl methyl sites for hydroxylation is 1. The van der Waals surface area contributed by atoms with Crippen LogP contribution in [-0.4, -0.2) is 41.5 Å². The number of likely N-dealkylation sites (tertiary alicyclic amines) is 1. The third-order valence-corrected chi connectivity index (χ3v) is 5.33. The first-order valence-electron chi connectivity index (χ1n) is 8.84. The van der Waals surface area contributed by atoms with Crippen molar-refractivity contribution in [2.75, 3.05) is 6.54 Å². The molecule has 3 aromatic heterocycles. The number of rotatable bonds is 3. The van der Waals surface area contributed by atoms with Crippen molar-refractivity contribution in [3.05, 3.63) is 52.1 Å². The molecule has 0 aliphatic carbocycles. The number of carbonyl (C=O) groups excluding carboxylic acids is 1. The third kappa shape index (κ3) is 2.53. The Morgan fingerprint density at radius 2 is 2.19 bits per heavy atom. The van der Waals surface area contributed by atoms with Gasteiger partial charge in [-0.2, -0.15) is 0 Å². The number of amides is 1. The van der Waals surface area contributed by atoms with Crippen molar-refractivity contribution in [1.29, 1.82) is 0 Å². The molecule has 0 bridgehead atoms. The lowest BCUT2D eigenvalue weighted by molar-refractivity contribution is -0.135. The quantitative estimate of drug-likeness (QED) is 0.776. The van der Waals surface area contributed by atoms with Crippen LogP contribution in [0.4, 0.5) is 0 Å². The Morgan fingerprint density at radius 3 is 2.92 bits per heavy atom. The van der Waals surface area contributed by atoms with Gasteiger partial charge in [-0.3, -0.25) is 14.7 Å². The van der Waals surface area contributed by atoms with Crippen LogP contribution in [-0.2, 0) is 4.79 Å². The van der Waals surface area contributed by atoms with Crippen LogP contribution in [0.3, 0.4) is 0 Å². The fourth-order valence-corrected chi connectivity index (χ4v) is 3.63. The molecule has 1 aliphatic rings. The summed E-state index contributed by atoms with van der Waals surface area (Å²) in [5.74, 6) is 0.0526. The molecule has 1 saturated heterocycles. The van der Waals surface area contributed by atoms with Crippen LogP contribution in [0.15, 0.2) is 29.6 Å². The Balaban J connectivity index is 1.68. The lowest BCUT2D eigenvalue weighted by Crippen LogP contribution is -2.35. The highest BCUT2D eigenvalue weighted by Gasteiger charge is 2.34. The predicted molar refractivity (Wildman–Crippen MR) is 95.9 cm³/mol. The molecule has 4 rings (SSSR count). The maximum absolute atomic E-state index is 13.0. The highest BCUT2D eigenvalue weighted by Crippen LogP contribution is 2.33. The average molecular weight is 354 g/mol. The molecule has 1 fully saturated rings. The van der Waals surface area contributed by atoms with Crippen molar-refractivity contribution in [3.8, 4) is 0 Å². The van der Waals surface area contributed by atoms with E-state index in [0.717, 1.165) is 24.2 Å². The van der Waals surface area contributed by atoms with Crippen molar-refractivity contribution >= 4 is 11.6 Å². The smallest absolute Gasteiger partial charge is 0.275 e. The summed E-state index contributed by atoms with van der Waals surface area (Å²) in [7, 11) is 0. The molecule has 0 radical (unpaired) electrons. The molecule has 4 heterocycles. The molecule has 0 saturated carbocycles. The van der Waals surface area contributed by atoms with Gasteiger partial charge in [0.15, 0.2) is 5.65 Å². The number of nitrogens with zero attached hydrogens (tertiary/aromatic N) is 5. The second kappa shape index (κ2) is 6.12. The zero-order chi connectivity index (χ0) is 18.4. The van der Waals surface area contributed by atoms with Crippen LogP contribution >= 0.6 is 0 Å². The minimum atomic E-state index is -0.312. The molecule has 0 aromatic carbocycles. The standard InChI is InChI=1S/C18H22N6O2/c1-11-12(2)20-16-9-14(21-24(16)17(11)25)15-5-4-7-23(15)18(26)13(3)22-8-6-19-10-22/h6,8-10,13,15,21H,4-5,7H2,1-3H3/t13-,15-/m1/s1. The van der Waals surface area contributed by atoms with Gasteiger partial charge in [-0.1, -0.05) is 0 Å². The van der Waals surface area contributed by atoms with Crippen molar-refractivity contribution in [2.45, 2.75) is 45.7 Å². The summed E-state index contributed by atoms with van der Waals surface area (Å²) in [4.78, 5) is 35.9. The molecule has 1 N–H and O–H groups in total. The lowest BCUT2D eigenvalue weighted by Gasteiger charge is -2.27. The fourth-order valence-electron chi connectivity index (χ4n) is 3.63. The molecule has 0 spiro atoms. The van der Waals surface area contributed by atoms with Crippen molar-refractivity contribution in [1.82, 2.24) is 29.0 Å². The minimum absolute atomic E-state index is 0.0526. The van der Waals surface area contributed by atoms with Gasteiger partial charge in [0, 0.05) is 36.3 Å². The van der Waals surface area contributed by atoms with Crippen LogP contribution in [0.1, 0.15) is 48.8 Å². The Hall–Kier alpha value is -2.90. The second-order valence-electron chi connectivity index (χ2n) is 6.91. The molecule has 0 unspecified atom stereocenters. The van der Waals surface area contributed by atoms with E-state index in [4.69, 9.17) is 0 Å². The first-order chi connectivity index (χ1) is 12.5. The zero-order valence-corrected chi connectivity index (χ0v) is 15.1. The number of carbonyl (C=O) groups is 1. The predicted octanol–water partition coefficient (Wildman–Crippen LogP) is 1.76. The summed E-state index contributed by atoms with van der Waals surface area (Å²) in [6.45, 7) is 6.19. The van der Waals surface area contributed by atoms with Crippen molar-refractivity contribution in [3.63, 3.8) is 0 Å². The first kappa shape index (κ1) is 16.6. The Kier molecular flexibility index (Phi) is 3.90. The summed E-state index contributed by atoms with van der Waals surface area (Å²) in [6, 6.07) is 1.49. The molecule has 1 aliphatic heterocycles. The third-order valence-electron chi connectivity index (χ3n) is 5.33. The Morgan fingerprint density at radius 1 is 1.38 bits per heavy atom. The van der Waals surface area contributed by atoms with E-state index in [0.29, 0.717) is 17.8 Å². The molecule has 2 atom stereocenters. The van der Waals surface area contributed by atoms with Gasteiger partial charge in [-0.25, -0.2) is 14.5 Å². The summed E-state index contributed by atoms with van der Waals surface area (Å²) >= 11 is 0. The summed E-state index contributed by atoms with van der Waals surface area (Å²) in [6.07, 6.45) is 6.92. The van der Waals surface area contributed by atoms with Crippen LogP contribution in [0.5, 0.6) is 0 Å². The van der Waals surface area contributed by atoms with Crippen molar-refractivity contribution in [2.24, 2.45) is 0 Å². The zero-order valence-electron chi connectivity index (χ0n) is 15.1. The van der Waals surface area contributed by atoms with Gasteiger partial charge in [0.2, 0.25) is 5.91 Å². The maximum Gasteiger partial charge on any atom is 0.275 e. The summed E-state index contributed by atoms with van der Waals surface area (Å²) < 4.78 is 3.28. The number of aromatic nitrogens is 5. The van der Waals surface area contributed by atoms with Gasteiger partial charge in [-0.05, 0) is 33.6 Å². The molecule has 136 valence electrons. The van der Waals surface area contributed by atoms with E-state index in [9.17, 15) is 9.59 Å². The number of imidazole rings is 1. The van der Waals surface area contributed by atoms with E-state index in [1.807, 2.05) is 29.4 Å². The van der Waals surface area contributed by atoms with E-state index < -0.39 is 0 Å². The van der Waals surface area contributed by atoms with Gasteiger partial charge in [0.1, 0.15) is 6.04 Å². The number of fused-ring (bicyclic) bond motifs is 1. The van der Waals surface area contributed by atoms with E-state index in [1.165, 1.54) is 4.52 Å². The number of nitrogens with one attached hydrogen (secondary N) is 1. The van der Waals surface area contributed by atoms with E-state index in [-0.39, 0.29) is 23.6 Å². The van der Waals surface area contributed by atoms with Crippen LogP contribution in [0.25, 0.3) is 5.65 Å². The summed E-state index contributed by atoms with van der Waals surface area (Å²) in [5.41, 5.74) is 2.71. The molecule has 8 nitrogen and oxygen atoms in total. The van der Waals surface area contributed by atoms with Gasteiger partial charge in [-0.15, -0.1) is 0 Å². The Labute approximate surface area is 150 Å². The normalized spacial score (nSPS) is 18.6. The maximum atomic E-state index is 13.0. The minimum Gasteiger partial charge on any atom is -0.332 e. The SMILES string of the molecule is Cc1nc2cc([C@H]3CCCN3C(=O)[C@@H](C)n3ccnc3)[nH]n2c(=O)c1C. The second-order valence-corrected chi connectivity index (χ2v) is 6.91. The molecule has 26 heavy (non-hydrogen) atoms. The molecular formula is C18H22N6O2. The lowest BCUT2D eigenvalue weighted by atomic mass is 10.1. The first-order valence-corrected chi connectivity index (χ1v) is 8.84. The van der Waals surface area contributed by atoms with Gasteiger partial charge >= 0.3 is 0 Å². The number of hydrogen-bond donors (Lipinski definition) is 1. The molecule has 3 aromatic rings. The number of aromatic amines is 1. The number of H-pyrrole nitrogens is 1. The van der Waals surface area contributed by atoms with E-state index >= 15 is 0 Å². The van der Waals surface area contributed by atoms with E-state index in [2.05, 4.69) is 15.1 Å². The van der Waals surface area contributed by atoms with Gasteiger partial charge in [0.05, 0.1) is 18.1 Å². The van der Waals surface area contributed by atoms with Gasteiger partial charge in [0.25, 0.3) is 5.56 Å². The van der Waals surface area contributed by atoms with Gasteiger partial charge < -0.3 is 9.47 Å². The largest absolute Gasteiger partial charge is 0.332 e. The summed E-state index contributed by atoms with van der Waals surface area (Å²) in [5, 5.41) is 3.16. The van der Waals surface area contributed by atoms with Crippen LogP contribution in [0, 0.1) is 13.8 Å². The molecule has 8 heteroatoms. The highest BCUT2D eigenvalue weighted by molar-refractivity contribution is 5.80.